The van der Waals surface area contributed by atoms with E-state index in [1.807, 2.05) is 19.2 Å². The first-order valence-corrected chi connectivity index (χ1v) is 8.72. The van der Waals surface area contributed by atoms with Gasteiger partial charge in [0.1, 0.15) is 0 Å². The average Bonchev–Trinajstić information content (AvgIpc) is 2.80. The highest BCUT2D eigenvalue weighted by atomic mass is 127. The third kappa shape index (κ3) is 3.68. The zero-order chi connectivity index (χ0) is 17.4. The fourth-order valence-electron chi connectivity index (χ4n) is 3.26. The number of guanidine groups is 1. The minimum atomic E-state index is 0. The molecule has 1 aromatic rings. The van der Waals surface area contributed by atoms with Crippen LogP contribution in [0.5, 0.6) is 11.5 Å². The van der Waals surface area contributed by atoms with Crippen molar-refractivity contribution in [2.45, 2.75) is 46.2 Å². The Hall–Kier alpha value is -1.18. The molecule has 2 aliphatic rings. The Bertz CT molecular complexity index is 644. The number of hydrogen-bond donors (Lipinski definition) is 1. The summed E-state index contributed by atoms with van der Waals surface area (Å²) in [4.78, 5) is 6.82. The summed E-state index contributed by atoms with van der Waals surface area (Å²) < 4.78 is 11.7. The summed E-state index contributed by atoms with van der Waals surface area (Å²) >= 11 is 0. The fourth-order valence-corrected chi connectivity index (χ4v) is 3.26. The number of para-hydroxylation sites is 1. The van der Waals surface area contributed by atoms with Gasteiger partial charge in [0.05, 0.1) is 13.2 Å². The molecule has 25 heavy (non-hydrogen) atoms. The van der Waals surface area contributed by atoms with E-state index in [1.54, 1.807) is 0 Å². The van der Waals surface area contributed by atoms with Crippen LogP contribution in [0, 0.1) is 5.41 Å². The van der Waals surface area contributed by atoms with Crippen molar-refractivity contribution in [2.75, 3.05) is 26.8 Å². The van der Waals surface area contributed by atoms with Crippen LogP contribution in [0.3, 0.4) is 0 Å². The maximum Gasteiger partial charge on any atom is 0.194 e. The number of fused-ring (bicyclic) bond motifs is 1. The number of likely N-dealkylation sites (tertiary alicyclic amines) is 1. The van der Waals surface area contributed by atoms with Gasteiger partial charge in [-0.15, -0.1) is 24.0 Å². The Kier molecular flexibility index (Phi) is 6.12. The van der Waals surface area contributed by atoms with Gasteiger partial charge in [0.25, 0.3) is 0 Å². The second-order valence-electron chi connectivity index (χ2n) is 7.72. The molecule has 3 rings (SSSR count). The number of halogens is 1. The lowest BCUT2D eigenvalue weighted by molar-refractivity contribution is -0.0668. The second-order valence-corrected chi connectivity index (χ2v) is 7.72. The maximum atomic E-state index is 5.90. The van der Waals surface area contributed by atoms with Crippen LogP contribution < -0.4 is 14.8 Å². The summed E-state index contributed by atoms with van der Waals surface area (Å²) in [5.41, 5.74) is 1.47. The monoisotopic (exact) mass is 459 g/mol. The van der Waals surface area contributed by atoms with Gasteiger partial charge in [-0.3, -0.25) is 4.99 Å². The predicted molar refractivity (Wildman–Crippen MR) is 112 cm³/mol. The van der Waals surface area contributed by atoms with Crippen LogP contribution in [0.1, 0.15) is 39.7 Å². The SMILES string of the molecule is CN=C(NCc1cccc2c1OCCCO2)N1CC(C)(C)C1(C)C.I. The highest BCUT2D eigenvalue weighted by Gasteiger charge is 2.53. The lowest BCUT2D eigenvalue weighted by Crippen LogP contribution is -2.72. The molecule has 0 bridgehead atoms. The molecule has 2 heterocycles. The predicted octanol–water partition coefficient (Wildman–Crippen LogP) is 3.66. The third-order valence-corrected chi connectivity index (χ3v) is 5.64. The Balaban J connectivity index is 0.00000225. The molecule has 1 N–H and O–H groups in total. The molecular weight excluding hydrogens is 429 g/mol. The lowest BCUT2D eigenvalue weighted by atomic mass is 9.65. The molecule has 0 aliphatic carbocycles. The van der Waals surface area contributed by atoms with Crippen molar-refractivity contribution in [2.24, 2.45) is 10.4 Å². The van der Waals surface area contributed by atoms with Crippen molar-refractivity contribution >= 4 is 29.9 Å². The standard InChI is InChI=1S/C19H29N3O2.HI/c1-18(2)13-22(19(18,3)4)17(20-5)21-12-14-8-6-9-15-16(14)24-11-7-10-23-15;/h6,8-9H,7,10-13H2,1-5H3,(H,20,21);1H. The van der Waals surface area contributed by atoms with E-state index in [1.165, 1.54) is 0 Å². The Labute approximate surface area is 168 Å². The Morgan fingerprint density at radius 3 is 2.56 bits per heavy atom. The van der Waals surface area contributed by atoms with Crippen LogP contribution in [-0.4, -0.2) is 43.2 Å². The first-order chi connectivity index (χ1) is 11.4. The molecule has 1 fully saturated rings. The highest BCUT2D eigenvalue weighted by molar-refractivity contribution is 14.0. The van der Waals surface area contributed by atoms with Gasteiger partial charge in [0, 0.05) is 43.1 Å². The van der Waals surface area contributed by atoms with Crippen molar-refractivity contribution in [3.63, 3.8) is 0 Å². The molecule has 0 radical (unpaired) electrons. The highest BCUT2D eigenvalue weighted by Crippen LogP contribution is 2.46. The zero-order valence-electron chi connectivity index (χ0n) is 15.9. The van der Waals surface area contributed by atoms with Crippen molar-refractivity contribution in [3.05, 3.63) is 23.8 Å². The third-order valence-electron chi connectivity index (χ3n) is 5.64. The van der Waals surface area contributed by atoms with Gasteiger partial charge in [-0.25, -0.2) is 0 Å². The van der Waals surface area contributed by atoms with Crippen molar-refractivity contribution in [1.82, 2.24) is 10.2 Å². The molecule has 0 amide bonds. The Morgan fingerprint density at radius 2 is 1.92 bits per heavy atom. The topological polar surface area (TPSA) is 46.1 Å². The number of ether oxygens (including phenoxy) is 2. The van der Waals surface area contributed by atoms with Crippen LogP contribution >= 0.6 is 24.0 Å². The van der Waals surface area contributed by atoms with Gasteiger partial charge >= 0.3 is 0 Å². The molecule has 6 heteroatoms. The molecule has 0 atom stereocenters. The summed E-state index contributed by atoms with van der Waals surface area (Å²) in [7, 11) is 1.84. The molecule has 0 saturated carbocycles. The largest absolute Gasteiger partial charge is 0.490 e. The summed E-state index contributed by atoms with van der Waals surface area (Å²) in [6, 6.07) is 6.07. The number of nitrogens with one attached hydrogen (secondary N) is 1. The summed E-state index contributed by atoms with van der Waals surface area (Å²) in [5.74, 6) is 2.64. The molecule has 140 valence electrons. The van der Waals surface area contributed by atoms with Crippen molar-refractivity contribution < 1.29 is 9.47 Å². The maximum absolute atomic E-state index is 5.90. The van der Waals surface area contributed by atoms with E-state index < -0.39 is 0 Å². The minimum Gasteiger partial charge on any atom is -0.490 e. The number of nitrogens with zero attached hydrogens (tertiary/aromatic N) is 2. The van der Waals surface area contributed by atoms with Gasteiger partial charge in [-0.1, -0.05) is 26.0 Å². The second kappa shape index (κ2) is 7.60. The van der Waals surface area contributed by atoms with Gasteiger partial charge in [0.15, 0.2) is 17.5 Å². The van der Waals surface area contributed by atoms with Crippen LogP contribution in [0.4, 0.5) is 0 Å². The van der Waals surface area contributed by atoms with Gasteiger partial charge in [-0.05, 0) is 19.9 Å². The molecule has 0 aromatic heterocycles. The van der Waals surface area contributed by atoms with E-state index in [0.717, 1.165) is 36.0 Å². The van der Waals surface area contributed by atoms with E-state index >= 15 is 0 Å². The van der Waals surface area contributed by atoms with E-state index in [9.17, 15) is 0 Å². The van der Waals surface area contributed by atoms with Crippen molar-refractivity contribution in [1.29, 1.82) is 0 Å². The molecule has 2 aliphatic heterocycles. The molecule has 5 nitrogen and oxygen atoms in total. The van der Waals surface area contributed by atoms with E-state index in [-0.39, 0.29) is 34.9 Å². The molecular formula is C19H30IN3O2. The summed E-state index contributed by atoms with van der Waals surface area (Å²) in [5, 5.41) is 3.49. The van der Waals surface area contributed by atoms with Gasteiger partial charge in [-0.2, -0.15) is 0 Å². The number of benzene rings is 1. The lowest BCUT2D eigenvalue weighted by Gasteiger charge is -2.62. The first kappa shape index (κ1) is 20.1. The minimum absolute atomic E-state index is 0. The van der Waals surface area contributed by atoms with Crippen LogP contribution in [-0.2, 0) is 6.54 Å². The summed E-state index contributed by atoms with van der Waals surface area (Å²) in [6.45, 7) is 12.2. The Morgan fingerprint density at radius 1 is 1.20 bits per heavy atom. The van der Waals surface area contributed by atoms with Crippen LogP contribution in [0.25, 0.3) is 0 Å². The van der Waals surface area contributed by atoms with Gasteiger partial charge < -0.3 is 19.7 Å². The van der Waals surface area contributed by atoms with Crippen LogP contribution in [0.2, 0.25) is 0 Å². The molecule has 1 saturated heterocycles. The number of rotatable bonds is 2. The average molecular weight is 459 g/mol. The van der Waals surface area contributed by atoms with Crippen LogP contribution in [0.15, 0.2) is 23.2 Å². The van der Waals surface area contributed by atoms with Crippen molar-refractivity contribution in [3.8, 4) is 11.5 Å². The fraction of sp³-hybridized carbons (Fsp3) is 0.632. The molecule has 1 aromatic carbocycles. The summed E-state index contributed by atoms with van der Waals surface area (Å²) in [6.07, 6.45) is 0.917. The zero-order valence-corrected chi connectivity index (χ0v) is 18.2. The van der Waals surface area contributed by atoms with E-state index in [0.29, 0.717) is 19.8 Å². The number of aliphatic imine (C=N–C) groups is 1. The molecule has 0 unspecified atom stereocenters. The van der Waals surface area contributed by atoms with E-state index in [2.05, 4.69) is 49.0 Å². The van der Waals surface area contributed by atoms with Gasteiger partial charge in [0.2, 0.25) is 0 Å². The molecule has 0 spiro atoms. The normalized spacial score (nSPS) is 20.8. The number of hydrogen-bond acceptors (Lipinski definition) is 3. The first-order valence-electron chi connectivity index (χ1n) is 8.72. The quantitative estimate of drug-likeness (QED) is 0.417. The van der Waals surface area contributed by atoms with E-state index in [4.69, 9.17) is 9.47 Å². The smallest absolute Gasteiger partial charge is 0.194 e.